The average Bonchev–Trinajstić information content (AvgIpc) is 3.30. The number of fused-ring (bicyclic) bond motifs is 1. The van der Waals surface area contributed by atoms with E-state index in [1.54, 1.807) is 49.4 Å². The molecule has 0 aliphatic rings. The third-order valence-electron chi connectivity index (χ3n) is 3.75. The Hall–Kier alpha value is -3.81. The molecule has 1 amide bonds. The highest BCUT2D eigenvalue weighted by Crippen LogP contribution is 2.19. The molecule has 0 bridgehead atoms. The highest BCUT2D eigenvalue weighted by atomic mass is 16.5. The number of carbonyl (C=O) groups excluding carboxylic acids is 1. The zero-order valence-electron chi connectivity index (χ0n) is 14.3. The van der Waals surface area contributed by atoms with Crippen LogP contribution in [0, 0.1) is 6.92 Å². The Morgan fingerprint density at radius 3 is 2.93 bits per heavy atom. The van der Waals surface area contributed by atoms with E-state index in [0.29, 0.717) is 28.5 Å². The van der Waals surface area contributed by atoms with Crippen molar-refractivity contribution in [2.24, 2.45) is 0 Å². The summed E-state index contributed by atoms with van der Waals surface area (Å²) in [6.07, 6.45) is 1.43. The van der Waals surface area contributed by atoms with Gasteiger partial charge in [-0.05, 0) is 31.2 Å². The smallest absolute Gasteiger partial charge is 0.291 e. The predicted molar refractivity (Wildman–Crippen MR) is 95.9 cm³/mol. The molecule has 8 heteroatoms. The molecule has 0 fully saturated rings. The van der Waals surface area contributed by atoms with Crippen molar-refractivity contribution in [3.63, 3.8) is 0 Å². The monoisotopic (exact) mass is 365 g/mol. The Morgan fingerprint density at radius 1 is 1.22 bits per heavy atom. The van der Waals surface area contributed by atoms with Crippen LogP contribution in [0.1, 0.15) is 22.0 Å². The lowest BCUT2D eigenvalue weighted by Gasteiger charge is -2.08. The van der Waals surface area contributed by atoms with Crippen LogP contribution in [0.5, 0.6) is 5.75 Å². The number of nitrogens with zero attached hydrogens (tertiary/aromatic N) is 2. The molecule has 0 aliphatic carbocycles. The molecule has 136 valence electrons. The minimum atomic E-state index is -0.354. The van der Waals surface area contributed by atoms with Gasteiger partial charge < -0.3 is 19.0 Å². The lowest BCUT2D eigenvalue weighted by atomic mass is 10.3. The number of anilines is 1. The van der Waals surface area contributed by atoms with Gasteiger partial charge in [-0.1, -0.05) is 6.07 Å². The Labute approximate surface area is 153 Å². The Kier molecular flexibility index (Phi) is 4.21. The van der Waals surface area contributed by atoms with Gasteiger partial charge in [0.2, 0.25) is 0 Å². The number of carbonyl (C=O) groups is 1. The van der Waals surface area contributed by atoms with Crippen LogP contribution in [0.4, 0.5) is 5.69 Å². The van der Waals surface area contributed by atoms with E-state index in [2.05, 4.69) is 10.3 Å². The summed E-state index contributed by atoms with van der Waals surface area (Å²) in [5, 5.41) is 2.72. The number of nitrogens with one attached hydrogen (secondary N) is 1. The highest BCUT2D eigenvalue weighted by molar-refractivity contribution is 6.02. The summed E-state index contributed by atoms with van der Waals surface area (Å²) < 4.78 is 17.1. The number of hydrogen-bond acceptors (Lipinski definition) is 6. The van der Waals surface area contributed by atoms with Crippen molar-refractivity contribution in [3.8, 4) is 5.75 Å². The van der Waals surface area contributed by atoms with Crippen molar-refractivity contribution >= 4 is 17.2 Å². The molecular weight excluding hydrogens is 350 g/mol. The van der Waals surface area contributed by atoms with Gasteiger partial charge in [0.1, 0.15) is 18.1 Å². The molecule has 0 saturated heterocycles. The quantitative estimate of drug-likeness (QED) is 0.584. The van der Waals surface area contributed by atoms with Crippen LogP contribution in [-0.4, -0.2) is 15.5 Å². The van der Waals surface area contributed by atoms with Gasteiger partial charge in [0.15, 0.2) is 11.4 Å². The number of ether oxygens (including phenoxy) is 1. The minimum absolute atomic E-state index is 0.103. The number of amides is 1. The molecule has 0 saturated carbocycles. The second-order valence-corrected chi connectivity index (χ2v) is 5.83. The number of furan rings is 1. The van der Waals surface area contributed by atoms with E-state index in [1.165, 1.54) is 12.3 Å². The fourth-order valence-electron chi connectivity index (χ4n) is 2.57. The van der Waals surface area contributed by atoms with E-state index in [4.69, 9.17) is 13.7 Å². The van der Waals surface area contributed by atoms with Crippen molar-refractivity contribution < 1.29 is 18.5 Å². The second kappa shape index (κ2) is 6.83. The molecule has 1 aromatic carbocycles. The van der Waals surface area contributed by atoms with E-state index in [1.807, 2.05) is 0 Å². The standard InChI is InChI=1S/C19H15N3O5/c1-12-8-17-20-14(10-18(23)22(17)27-12)11-26-15-5-2-4-13(9-15)21-19(24)16-6-3-7-25-16/h2-10H,11H2,1H3,(H,21,24). The van der Waals surface area contributed by atoms with Crippen LogP contribution in [-0.2, 0) is 6.61 Å². The van der Waals surface area contributed by atoms with Crippen LogP contribution in [0.2, 0.25) is 0 Å². The van der Waals surface area contributed by atoms with Gasteiger partial charge in [0.25, 0.3) is 11.5 Å². The SMILES string of the molecule is Cc1cc2nc(COc3cccc(NC(=O)c4ccco4)c3)cc(=O)n2o1. The largest absolute Gasteiger partial charge is 0.487 e. The van der Waals surface area contributed by atoms with Crippen molar-refractivity contribution in [2.45, 2.75) is 13.5 Å². The fourth-order valence-corrected chi connectivity index (χ4v) is 2.57. The van der Waals surface area contributed by atoms with E-state index in [9.17, 15) is 9.59 Å². The molecule has 3 heterocycles. The summed E-state index contributed by atoms with van der Waals surface area (Å²) in [6, 6.07) is 13.2. The number of hydrogen-bond donors (Lipinski definition) is 1. The molecule has 8 nitrogen and oxygen atoms in total. The summed E-state index contributed by atoms with van der Waals surface area (Å²) >= 11 is 0. The van der Waals surface area contributed by atoms with Gasteiger partial charge in [-0.25, -0.2) is 4.98 Å². The first-order chi connectivity index (χ1) is 13.1. The third-order valence-corrected chi connectivity index (χ3v) is 3.75. The lowest BCUT2D eigenvalue weighted by molar-refractivity contribution is 0.0996. The van der Waals surface area contributed by atoms with Crippen molar-refractivity contribution in [1.82, 2.24) is 9.56 Å². The number of aromatic nitrogens is 2. The van der Waals surface area contributed by atoms with E-state index in [0.717, 1.165) is 4.57 Å². The van der Waals surface area contributed by atoms with Gasteiger partial charge in [-0.3, -0.25) is 9.59 Å². The normalized spacial score (nSPS) is 10.9. The Morgan fingerprint density at radius 2 is 2.11 bits per heavy atom. The van der Waals surface area contributed by atoms with Gasteiger partial charge in [0.05, 0.1) is 12.0 Å². The molecule has 0 aliphatic heterocycles. The summed E-state index contributed by atoms with van der Waals surface area (Å²) in [6.45, 7) is 1.85. The minimum Gasteiger partial charge on any atom is -0.487 e. The second-order valence-electron chi connectivity index (χ2n) is 5.83. The van der Waals surface area contributed by atoms with Crippen molar-refractivity contribution in [3.05, 3.63) is 82.4 Å². The van der Waals surface area contributed by atoms with Crippen LogP contribution in [0.15, 0.2) is 68.5 Å². The lowest BCUT2D eigenvalue weighted by Crippen LogP contribution is -2.14. The predicted octanol–water partition coefficient (Wildman–Crippen LogP) is 3.02. The van der Waals surface area contributed by atoms with Gasteiger partial charge in [-0.15, -0.1) is 4.57 Å². The first-order valence-corrected chi connectivity index (χ1v) is 8.16. The molecule has 0 unspecified atom stereocenters. The molecule has 4 aromatic rings. The van der Waals surface area contributed by atoms with Crippen LogP contribution < -0.4 is 15.6 Å². The molecule has 4 rings (SSSR count). The summed E-state index contributed by atoms with van der Waals surface area (Å²) in [4.78, 5) is 28.4. The molecule has 0 spiro atoms. The maximum atomic E-state index is 12.0. The summed E-state index contributed by atoms with van der Waals surface area (Å²) in [7, 11) is 0. The fraction of sp³-hybridized carbons (Fsp3) is 0.105. The highest BCUT2D eigenvalue weighted by Gasteiger charge is 2.10. The molecule has 1 N–H and O–H groups in total. The van der Waals surface area contributed by atoms with E-state index in [-0.39, 0.29) is 23.8 Å². The Bertz CT molecular complexity index is 1160. The zero-order valence-corrected chi connectivity index (χ0v) is 14.3. The molecular formula is C19H15N3O5. The first kappa shape index (κ1) is 16.6. The molecule has 3 aromatic heterocycles. The zero-order chi connectivity index (χ0) is 18.8. The van der Waals surface area contributed by atoms with Gasteiger partial charge in [-0.2, -0.15) is 0 Å². The Balaban J connectivity index is 1.47. The topological polar surface area (TPSA) is 99.0 Å². The van der Waals surface area contributed by atoms with Crippen molar-refractivity contribution in [1.29, 1.82) is 0 Å². The number of benzene rings is 1. The van der Waals surface area contributed by atoms with E-state index < -0.39 is 0 Å². The van der Waals surface area contributed by atoms with Gasteiger partial charge in [0, 0.05) is 23.9 Å². The molecule has 0 atom stereocenters. The van der Waals surface area contributed by atoms with Crippen LogP contribution in [0.3, 0.4) is 0 Å². The van der Waals surface area contributed by atoms with E-state index >= 15 is 0 Å². The number of aryl methyl sites for hydroxylation is 1. The number of rotatable bonds is 5. The first-order valence-electron chi connectivity index (χ1n) is 8.16. The maximum absolute atomic E-state index is 12.0. The van der Waals surface area contributed by atoms with Gasteiger partial charge >= 0.3 is 0 Å². The van der Waals surface area contributed by atoms with Crippen molar-refractivity contribution in [2.75, 3.05) is 5.32 Å². The van der Waals surface area contributed by atoms with Crippen LogP contribution >= 0.6 is 0 Å². The average molecular weight is 365 g/mol. The molecule has 0 radical (unpaired) electrons. The van der Waals surface area contributed by atoms with Crippen LogP contribution in [0.25, 0.3) is 5.65 Å². The third kappa shape index (κ3) is 3.59. The maximum Gasteiger partial charge on any atom is 0.291 e. The molecule has 27 heavy (non-hydrogen) atoms. The summed E-state index contributed by atoms with van der Waals surface area (Å²) in [5.74, 6) is 0.984. The summed E-state index contributed by atoms with van der Waals surface area (Å²) in [5.41, 5.74) is 1.15.